The van der Waals surface area contributed by atoms with Crippen LogP contribution in [0.4, 0.5) is 29.3 Å². The minimum atomic E-state index is -4.74. The van der Waals surface area contributed by atoms with E-state index in [2.05, 4.69) is 9.58 Å². The summed E-state index contributed by atoms with van der Waals surface area (Å²) in [6, 6.07) is 1.21. The van der Waals surface area contributed by atoms with Crippen molar-refractivity contribution in [3.8, 4) is 0 Å². The number of ether oxygens (including phenoxy) is 1. The fourth-order valence-corrected chi connectivity index (χ4v) is 2.34. The van der Waals surface area contributed by atoms with Crippen LogP contribution in [0.25, 0.3) is 4.85 Å². The number of urea groups is 1. The van der Waals surface area contributed by atoms with Gasteiger partial charge in [-0.25, -0.2) is 14.4 Å². The first-order chi connectivity index (χ1) is 10.7. The van der Waals surface area contributed by atoms with Gasteiger partial charge in [0.2, 0.25) is 0 Å². The summed E-state index contributed by atoms with van der Waals surface area (Å²) in [4.78, 5) is 28.9. The topological polar surface area (TPSA) is 54.2 Å². The molecule has 0 unspecified atom stereocenters. The highest BCUT2D eigenvalue weighted by molar-refractivity contribution is 6.02. The van der Waals surface area contributed by atoms with Crippen LogP contribution in [0.1, 0.15) is 5.56 Å². The van der Waals surface area contributed by atoms with Gasteiger partial charge < -0.3 is 9.64 Å². The smallest absolute Gasteiger partial charge is 0.407 e. The molecule has 0 radical (unpaired) electrons. The molecule has 1 aromatic rings. The van der Waals surface area contributed by atoms with Crippen molar-refractivity contribution < 1.29 is 27.5 Å². The van der Waals surface area contributed by atoms with Crippen LogP contribution >= 0.6 is 0 Å². The second-order valence-electron chi connectivity index (χ2n) is 4.88. The van der Waals surface area contributed by atoms with Gasteiger partial charge in [0.15, 0.2) is 11.7 Å². The zero-order chi connectivity index (χ0) is 17.4. The third-order valence-corrected chi connectivity index (χ3v) is 3.45. The Morgan fingerprint density at radius 2 is 2.09 bits per heavy atom. The molecule has 6 nitrogen and oxygen atoms in total. The SMILES string of the molecule is [C-]#[N+]c1ccc(N2C(=O)N(C)C[C@@H]2C(=O)OC)cc1C(F)(F)F. The molecule has 0 bridgehead atoms. The van der Waals surface area contributed by atoms with Crippen LogP contribution in [0, 0.1) is 6.57 Å². The number of anilines is 1. The number of carbonyl (C=O) groups excluding carboxylic acids is 2. The van der Waals surface area contributed by atoms with Crippen LogP contribution in [0.2, 0.25) is 0 Å². The number of nitrogens with zero attached hydrogens (tertiary/aromatic N) is 3. The Balaban J connectivity index is 2.54. The Bertz CT molecular complexity index is 697. The highest BCUT2D eigenvalue weighted by Crippen LogP contribution is 2.39. The second kappa shape index (κ2) is 5.79. The third-order valence-electron chi connectivity index (χ3n) is 3.45. The summed E-state index contributed by atoms with van der Waals surface area (Å²) in [5, 5.41) is 0. The molecule has 1 atom stereocenters. The first-order valence-corrected chi connectivity index (χ1v) is 6.41. The molecule has 0 aromatic heterocycles. The van der Waals surface area contributed by atoms with Crippen LogP contribution in [0.5, 0.6) is 0 Å². The summed E-state index contributed by atoms with van der Waals surface area (Å²) in [7, 11) is 2.56. The molecule has 0 aliphatic carbocycles. The lowest BCUT2D eigenvalue weighted by molar-refractivity contribution is -0.141. The number of carbonyl (C=O) groups is 2. The van der Waals surface area contributed by atoms with Gasteiger partial charge in [-0.1, -0.05) is 6.07 Å². The Hall–Kier alpha value is -2.76. The van der Waals surface area contributed by atoms with Crippen molar-refractivity contribution in [1.82, 2.24) is 4.90 Å². The zero-order valence-electron chi connectivity index (χ0n) is 12.2. The second-order valence-corrected chi connectivity index (χ2v) is 4.88. The van der Waals surface area contributed by atoms with Crippen molar-refractivity contribution in [2.24, 2.45) is 0 Å². The van der Waals surface area contributed by atoms with Gasteiger partial charge in [0.1, 0.15) is 0 Å². The van der Waals surface area contributed by atoms with E-state index in [-0.39, 0.29) is 12.2 Å². The van der Waals surface area contributed by atoms with Crippen molar-refractivity contribution in [2.45, 2.75) is 12.2 Å². The van der Waals surface area contributed by atoms with Crippen LogP contribution < -0.4 is 4.90 Å². The molecular formula is C14H12F3N3O3. The van der Waals surface area contributed by atoms with Crippen LogP contribution in [0.15, 0.2) is 18.2 Å². The highest BCUT2D eigenvalue weighted by atomic mass is 19.4. The van der Waals surface area contributed by atoms with Gasteiger partial charge in [-0.3, -0.25) is 4.90 Å². The number of hydrogen-bond donors (Lipinski definition) is 0. The van der Waals surface area contributed by atoms with Gasteiger partial charge in [0, 0.05) is 12.7 Å². The Kier molecular flexibility index (Phi) is 4.18. The maximum Gasteiger partial charge on any atom is 0.407 e. The average molecular weight is 327 g/mol. The van der Waals surface area contributed by atoms with Crippen molar-refractivity contribution in [3.05, 3.63) is 35.2 Å². The lowest BCUT2D eigenvalue weighted by Gasteiger charge is -2.22. The number of halogens is 3. The number of benzene rings is 1. The summed E-state index contributed by atoms with van der Waals surface area (Å²) in [6.45, 7) is 6.81. The minimum absolute atomic E-state index is 0.00255. The molecule has 0 N–H and O–H groups in total. The van der Waals surface area contributed by atoms with E-state index >= 15 is 0 Å². The van der Waals surface area contributed by atoms with E-state index in [0.717, 1.165) is 18.1 Å². The Morgan fingerprint density at radius 1 is 1.43 bits per heavy atom. The Morgan fingerprint density at radius 3 is 2.61 bits per heavy atom. The molecule has 9 heteroatoms. The third kappa shape index (κ3) is 2.92. The molecule has 1 aromatic carbocycles. The van der Waals surface area contributed by atoms with Crippen molar-refractivity contribution >= 4 is 23.4 Å². The first kappa shape index (κ1) is 16.6. The van der Waals surface area contributed by atoms with Gasteiger partial charge in [0.25, 0.3) is 0 Å². The summed E-state index contributed by atoms with van der Waals surface area (Å²) in [6.07, 6.45) is -4.74. The standard InChI is InChI=1S/C14H12F3N3O3/c1-18-10-5-4-8(6-9(10)14(15,16)17)20-11(12(21)23-3)7-19(2)13(20)22/h4-6,11H,7H2,2-3H3/t11-/m1/s1. The van der Waals surface area contributed by atoms with Gasteiger partial charge in [0.05, 0.1) is 25.8 Å². The van der Waals surface area contributed by atoms with Gasteiger partial charge >= 0.3 is 18.2 Å². The predicted molar refractivity (Wildman–Crippen MR) is 74.0 cm³/mol. The minimum Gasteiger partial charge on any atom is -0.467 e. The number of amides is 2. The molecule has 0 saturated carbocycles. The molecule has 0 spiro atoms. The number of rotatable bonds is 2. The fourth-order valence-electron chi connectivity index (χ4n) is 2.34. The molecule has 2 amide bonds. The van der Waals surface area contributed by atoms with Crippen molar-refractivity contribution in [1.29, 1.82) is 0 Å². The van der Waals surface area contributed by atoms with E-state index in [4.69, 9.17) is 6.57 Å². The highest BCUT2D eigenvalue weighted by Gasteiger charge is 2.42. The first-order valence-electron chi connectivity index (χ1n) is 6.41. The maximum atomic E-state index is 13.0. The van der Waals surface area contributed by atoms with E-state index in [1.54, 1.807) is 0 Å². The van der Waals surface area contributed by atoms with E-state index in [1.807, 2.05) is 0 Å². The predicted octanol–water partition coefficient (Wildman–Crippen LogP) is 2.67. The van der Waals surface area contributed by atoms with Crippen molar-refractivity contribution in [2.75, 3.05) is 25.6 Å². The summed E-state index contributed by atoms with van der Waals surface area (Å²) in [5.41, 5.74) is -1.85. The molecule has 23 heavy (non-hydrogen) atoms. The monoisotopic (exact) mass is 327 g/mol. The Labute approximate surface area is 129 Å². The van der Waals surface area contributed by atoms with E-state index < -0.39 is 35.5 Å². The molecular weight excluding hydrogens is 315 g/mol. The van der Waals surface area contributed by atoms with Crippen molar-refractivity contribution in [3.63, 3.8) is 0 Å². The van der Waals surface area contributed by atoms with Gasteiger partial charge in [-0.2, -0.15) is 13.2 Å². The number of methoxy groups -OCH3 is 1. The van der Waals surface area contributed by atoms with E-state index in [1.165, 1.54) is 18.0 Å². The number of likely N-dealkylation sites (N-methyl/N-ethyl adjacent to an activating group) is 1. The fraction of sp³-hybridized carbons (Fsp3) is 0.357. The number of alkyl halides is 3. The summed E-state index contributed by atoms with van der Waals surface area (Å²) < 4.78 is 43.7. The number of hydrogen-bond acceptors (Lipinski definition) is 3. The summed E-state index contributed by atoms with van der Waals surface area (Å²) >= 11 is 0. The molecule has 1 saturated heterocycles. The lowest BCUT2D eigenvalue weighted by atomic mass is 10.1. The molecule has 2 rings (SSSR count). The van der Waals surface area contributed by atoms with Gasteiger partial charge in [-0.15, -0.1) is 0 Å². The summed E-state index contributed by atoms with van der Waals surface area (Å²) in [5.74, 6) is -0.731. The maximum absolute atomic E-state index is 13.0. The lowest BCUT2D eigenvalue weighted by Crippen LogP contribution is -2.40. The van der Waals surface area contributed by atoms with Crippen LogP contribution in [-0.4, -0.2) is 43.6 Å². The van der Waals surface area contributed by atoms with E-state index in [0.29, 0.717) is 6.07 Å². The normalized spacial score (nSPS) is 18.1. The number of esters is 1. The van der Waals surface area contributed by atoms with E-state index in [9.17, 15) is 22.8 Å². The average Bonchev–Trinajstić information content (AvgIpc) is 2.80. The quantitative estimate of drug-likeness (QED) is 0.620. The van der Waals surface area contributed by atoms with Crippen LogP contribution in [0.3, 0.4) is 0 Å². The zero-order valence-corrected chi connectivity index (χ0v) is 12.2. The van der Waals surface area contributed by atoms with Crippen LogP contribution in [-0.2, 0) is 15.7 Å². The largest absolute Gasteiger partial charge is 0.467 e. The molecule has 1 aliphatic rings. The van der Waals surface area contributed by atoms with Gasteiger partial charge in [-0.05, 0) is 12.1 Å². The molecule has 122 valence electrons. The molecule has 1 heterocycles. The molecule has 1 fully saturated rings. The molecule has 1 aliphatic heterocycles.